The molecule has 0 fully saturated rings. The first-order chi connectivity index (χ1) is 9.38. The predicted octanol–water partition coefficient (Wildman–Crippen LogP) is 5.15. The number of aromatic nitrogens is 1. The van der Waals surface area contributed by atoms with Gasteiger partial charge in [-0.1, -0.05) is 22.0 Å². The van der Waals surface area contributed by atoms with Crippen LogP contribution < -0.4 is 5.32 Å². The Morgan fingerprint density at radius 2 is 1.90 bits per heavy atom. The number of hydrogen-bond acceptors (Lipinski definition) is 1. The van der Waals surface area contributed by atoms with Crippen molar-refractivity contribution < 1.29 is 4.79 Å². The van der Waals surface area contributed by atoms with E-state index in [4.69, 9.17) is 0 Å². The molecule has 2 aromatic rings. The first-order valence-electron chi connectivity index (χ1n) is 6.33. The SMILES string of the molecule is Cc1ccc(Br)cc1NC(=O)c1cc(Br)cn1C(C)C. The van der Waals surface area contributed by atoms with Gasteiger partial charge in [-0.2, -0.15) is 0 Å². The number of carbonyl (C=O) groups excluding carboxylic acids is 1. The van der Waals surface area contributed by atoms with Crippen molar-refractivity contribution in [2.75, 3.05) is 5.32 Å². The van der Waals surface area contributed by atoms with Crippen LogP contribution in [0, 0.1) is 6.92 Å². The summed E-state index contributed by atoms with van der Waals surface area (Å²) in [6.07, 6.45) is 1.92. The lowest BCUT2D eigenvalue weighted by molar-refractivity contribution is 0.101. The molecule has 0 atom stereocenters. The van der Waals surface area contributed by atoms with E-state index < -0.39 is 0 Å². The van der Waals surface area contributed by atoms with Gasteiger partial charge in [0.25, 0.3) is 5.91 Å². The first-order valence-corrected chi connectivity index (χ1v) is 7.92. The Morgan fingerprint density at radius 1 is 1.20 bits per heavy atom. The van der Waals surface area contributed by atoms with Crippen molar-refractivity contribution in [2.45, 2.75) is 26.8 Å². The van der Waals surface area contributed by atoms with Gasteiger partial charge in [-0.05, 0) is 60.5 Å². The summed E-state index contributed by atoms with van der Waals surface area (Å²) in [7, 11) is 0. The summed E-state index contributed by atoms with van der Waals surface area (Å²) in [6.45, 7) is 6.07. The van der Waals surface area contributed by atoms with Crippen molar-refractivity contribution >= 4 is 43.5 Å². The van der Waals surface area contributed by atoms with Crippen LogP contribution in [0.25, 0.3) is 0 Å². The molecular weight excluding hydrogens is 384 g/mol. The molecule has 0 aliphatic rings. The average molecular weight is 400 g/mol. The van der Waals surface area contributed by atoms with E-state index in [9.17, 15) is 4.79 Å². The van der Waals surface area contributed by atoms with E-state index in [2.05, 4.69) is 37.2 Å². The highest BCUT2D eigenvalue weighted by Gasteiger charge is 2.15. The van der Waals surface area contributed by atoms with E-state index in [1.54, 1.807) is 0 Å². The van der Waals surface area contributed by atoms with Crippen molar-refractivity contribution in [2.24, 2.45) is 0 Å². The number of nitrogens with one attached hydrogen (secondary N) is 1. The van der Waals surface area contributed by atoms with Gasteiger partial charge in [-0.3, -0.25) is 4.79 Å². The highest BCUT2D eigenvalue weighted by molar-refractivity contribution is 9.10. The summed E-state index contributed by atoms with van der Waals surface area (Å²) in [4.78, 5) is 12.4. The lowest BCUT2D eigenvalue weighted by Gasteiger charge is -2.14. The van der Waals surface area contributed by atoms with Crippen LogP contribution in [-0.4, -0.2) is 10.5 Å². The molecule has 5 heteroatoms. The van der Waals surface area contributed by atoms with Gasteiger partial charge in [0.05, 0.1) is 0 Å². The normalized spacial score (nSPS) is 10.9. The van der Waals surface area contributed by atoms with Crippen LogP contribution in [-0.2, 0) is 0 Å². The molecular formula is C15H16Br2N2O. The highest BCUT2D eigenvalue weighted by atomic mass is 79.9. The maximum absolute atomic E-state index is 12.4. The Morgan fingerprint density at radius 3 is 2.55 bits per heavy atom. The molecule has 1 N–H and O–H groups in total. The fourth-order valence-electron chi connectivity index (χ4n) is 1.97. The molecule has 0 radical (unpaired) electrons. The fraction of sp³-hybridized carbons (Fsp3) is 0.267. The third-order valence-electron chi connectivity index (χ3n) is 3.05. The molecule has 1 aromatic heterocycles. The van der Waals surface area contributed by atoms with E-state index in [0.29, 0.717) is 5.69 Å². The lowest BCUT2D eigenvalue weighted by atomic mass is 10.2. The molecule has 1 amide bonds. The number of carbonyl (C=O) groups is 1. The molecule has 1 aromatic carbocycles. The monoisotopic (exact) mass is 398 g/mol. The summed E-state index contributed by atoms with van der Waals surface area (Å²) in [5.74, 6) is -0.106. The van der Waals surface area contributed by atoms with E-state index in [0.717, 1.165) is 20.2 Å². The number of anilines is 1. The smallest absolute Gasteiger partial charge is 0.272 e. The largest absolute Gasteiger partial charge is 0.340 e. The van der Waals surface area contributed by atoms with E-state index in [1.807, 2.05) is 55.8 Å². The minimum absolute atomic E-state index is 0.106. The number of benzene rings is 1. The molecule has 0 aliphatic carbocycles. The number of amides is 1. The topological polar surface area (TPSA) is 34.0 Å². The van der Waals surface area contributed by atoms with Crippen LogP contribution in [0.15, 0.2) is 39.4 Å². The van der Waals surface area contributed by atoms with Crippen LogP contribution in [0.1, 0.15) is 35.9 Å². The van der Waals surface area contributed by atoms with Crippen LogP contribution in [0.2, 0.25) is 0 Å². The van der Waals surface area contributed by atoms with Crippen molar-refractivity contribution in [3.05, 3.63) is 50.7 Å². The molecule has 0 bridgehead atoms. The zero-order valence-electron chi connectivity index (χ0n) is 11.6. The fourth-order valence-corrected chi connectivity index (χ4v) is 2.77. The average Bonchev–Trinajstić information content (AvgIpc) is 2.76. The Bertz CT molecular complexity index is 647. The van der Waals surface area contributed by atoms with Gasteiger partial charge in [0.2, 0.25) is 0 Å². The van der Waals surface area contributed by atoms with Crippen LogP contribution in [0.4, 0.5) is 5.69 Å². The second-order valence-electron chi connectivity index (χ2n) is 4.96. The summed E-state index contributed by atoms with van der Waals surface area (Å²) in [5.41, 5.74) is 2.49. The molecule has 2 rings (SSSR count). The van der Waals surface area contributed by atoms with E-state index >= 15 is 0 Å². The quantitative estimate of drug-likeness (QED) is 0.760. The lowest BCUT2D eigenvalue weighted by Crippen LogP contribution is -2.18. The third-order valence-corrected chi connectivity index (χ3v) is 3.98. The molecule has 106 valence electrons. The molecule has 0 spiro atoms. The summed E-state index contributed by atoms with van der Waals surface area (Å²) >= 11 is 6.84. The van der Waals surface area contributed by atoms with Gasteiger partial charge in [0.15, 0.2) is 0 Å². The van der Waals surface area contributed by atoms with Crippen molar-refractivity contribution in [3.63, 3.8) is 0 Å². The zero-order valence-corrected chi connectivity index (χ0v) is 14.7. The second-order valence-corrected chi connectivity index (χ2v) is 6.79. The Labute approximate surface area is 135 Å². The number of halogens is 2. The molecule has 1 heterocycles. The summed E-state index contributed by atoms with van der Waals surface area (Å²) in [5, 5.41) is 2.97. The first kappa shape index (κ1) is 15.3. The highest BCUT2D eigenvalue weighted by Crippen LogP contribution is 2.23. The van der Waals surface area contributed by atoms with Gasteiger partial charge in [0, 0.05) is 26.9 Å². The molecule has 0 unspecified atom stereocenters. The van der Waals surface area contributed by atoms with Crippen LogP contribution in [0.5, 0.6) is 0 Å². The Hall–Kier alpha value is -1.07. The Balaban J connectivity index is 2.31. The number of hydrogen-bond donors (Lipinski definition) is 1. The van der Waals surface area contributed by atoms with Gasteiger partial charge < -0.3 is 9.88 Å². The molecule has 0 aliphatic heterocycles. The number of aryl methyl sites for hydroxylation is 1. The van der Waals surface area contributed by atoms with Gasteiger partial charge in [-0.15, -0.1) is 0 Å². The van der Waals surface area contributed by atoms with Crippen LogP contribution >= 0.6 is 31.9 Å². The Kier molecular flexibility index (Phi) is 4.70. The summed E-state index contributed by atoms with van der Waals surface area (Å²) in [6, 6.07) is 7.90. The maximum atomic E-state index is 12.4. The predicted molar refractivity (Wildman–Crippen MR) is 89.3 cm³/mol. The second kappa shape index (κ2) is 6.14. The van der Waals surface area contributed by atoms with Crippen molar-refractivity contribution in [1.82, 2.24) is 4.57 Å². The molecule has 0 saturated heterocycles. The standard InChI is InChI=1S/C15H16Br2N2O/c1-9(2)19-8-12(17)7-14(19)15(20)18-13-6-11(16)5-4-10(13)3/h4-9H,1-3H3,(H,18,20). The number of rotatable bonds is 3. The van der Waals surface area contributed by atoms with Gasteiger partial charge in [0.1, 0.15) is 5.69 Å². The minimum atomic E-state index is -0.106. The molecule has 20 heavy (non-hydrogen) atoms. The van der Waals surface area contributed by atoms with Gasteiger partial charge >= 0.3 is 0 Å². The van der Waals surface area contributed by atoms with E-state index in [1.165, 1.54) is 0 Å². The number of nitrogens with zero attached hydrogens (tertiary/aromatic N) is 1. The van der Waals surface area contributed by atoms with Crippen molar-refractivity contribution in [3.8, 4) is 0 Å². The summed E-state index contributed by atoms with van der Waals surface area (Å²) < 4.78 is 3.80. The third kappa shape index (κ3) is 3.33. The zero-order chi connectivity index (χ0) is 14.9. The minimum Gasteiger partial charge on any atom is -0.340 e. The molecule has 0 saturated carbocycles. The van der Waals surface area contributed by atoms with Gasteiger partial charge in [-0.25, -0.2) is 0 Å². The maximum Gasteiger partial charge on any atom is 0.272 e. The van der Waals surface area contributed by atoms with Crippen molar-refractivity contribution in [1.29, 1.82) is 0 Å². The van der Waals surface area contributed by atoms with E-state index in [-0.39, 0.29) is 11.9 Å². The molecule has 3 nitrogen and oxygen atoms in total. The van der Waals surface area contributed by atoms with Crippen LogP contribution in [0.3, 0.4) is 0 Å².